The highest BCUT2D eigenvalue weighted by atomic mass is 35.5. The molecule has 2 aromatic rings. The van der Waals surface area contributed by atoms with Gasteiger partial charge in [-0.15, -0.1) is 0 Å². The summed E-state index contributed by atoms with van der Waals surface area (Å²) >= 11 is 12.1. The number of likely N-dealkylation sites (tertiary alicyclic amines) is 1. The van der Waals surface area contributed by atoms with Crippen molar-refractivity contribution in [2.24, 2.45) is 5.92 Å². The van der Waals surface area contributed by atoms with Crippen molar-refractivity contribution in [2.45, 2.75) is 13.2 Å². The van der Waals surface area contributed by atoms with E-state index in [0.29, 0.717) is 28.2 Å². The molecule has 3 rings (SSSR count). The van der Waals surface area contributed by atoms with Crippen LogP contribution in [-0.2, 0) is 17.9 Å². The van der Waals surface area contributed by atoms with E-state index in [9.17, 15) is 4.79 Å². The first-order valence-electron chi connectivity index (χ1n) is 9.04. The van der Waals surface area contributed by atoms with Gasteiger partial charge in [-0.2, -0.15) is 0 Å². The number of amides is 1. The minimum atomic E-state index is 0.101. The summed E-state index contributed by atoms with van der Waals surface area (Å²) in [6.45, 7) is 2.67. The molecule has 1 aliphatic rings. The van der Waals surface area contributed by atoms with E-state index >= 15 is 0 Å². The Balaban J connectivity index is 1.59. The molecule has 5 nitrogen and oxygen atoms in total. The maximum atomic E-state index is 11.9. The first kappa shape index (κ1) is 20.8. The van der Waals surface area contributed by atoms with Crippen molar-refractivity contribution in [1.29, 1.82) is 0 Å². The normalized spacial score (nSPS) is 14.5. The highest BCUT2D eigenvalue weighted by Crippen LogP contribution is 2.31. The average Bonchev–Trinajstić information content (AvgIpc) is 2.63. The van der Waals surface area contributed by atoms with E-state index in [0.717, 1.165) is 30.8 Å². The second-order valence-electron chi connectivity index (χ2n) is 7.13. The zero-order valence-electron chi connectivity index (χ0n) is 16.2. The van der Waals surface area contributed by atoms with E-state index in [1.807, 2.05) is 24.3 Å². The Labute approximate surface area is 175 Å². The Morgan fingerprint density at radius 2 is 1.89 bits per heavy atom. The number of hydrogen-bond acceptors (Lipinski definition) is 4. The molecule has 28 heavy (non-hydrogen) atoms. The molecule has 0 unspecified atom stereocenters. The van der Waals surface area contributed by atoms with E-state index in [1.165, 1.54) is 0 Å². The van der Waals surface area contributed by atoms with Gasteiger partial charge in [0.2, 0.25) is 5.91 Å². The summed E-state index contributed by atoms with van der Waals surface area (Å²) in [5.41, 5.74) is 1.97. The van der Waals surface area contributed by atoms with Crippen molar-refractivity contribution < 1.29 is 14.3 Å². The van der Waals surface area contributed by atoms with Crippen molar-refractivity contribution in [3.8, 4) is 11.5 Å². The number of ether oxygens (including phenoxy) is 2. The lowest BCUT2D eigenvalue weighted by molar-refractivity contribution is -0.138. The van der Waals surface area contributed by atoms with Crippen LogP contribution < -0.4 is 9.47 Å². The molecule has 0 bridgehead atoms. The number of rotatable bonds is 7. The minimum absolute atomic E-state index is 0.101. The Bertz CT molecular complexity index is 852. The van der Waals surface area contributed by atoms with Gasteiger partial charge in [0, 0.05) is 49.3 Å². The number of carbonyl (C=O) groups is 1. The second kappa shape index (κ2) is 9.03. The van der Waals surface area contributed by atoms with Crippen molar-refractivity contribution in [3.05, 3.63) is 57.6 Å². The number of nitrogens with zero attached hydrogens (tertiary/aromatic N) is 2. The van der Waals surface area contributed by atoms with E-state index in [4.69, 9.17) is 32.7 Å². The lowest BCUT2D eigenvalue weighted by Gasteiger charge is -2.39. The molecule has 1 fully saturated rings. The Morgan fingerprint density at radius 1 is 1.14 bits per heavy atom. The lowest BCUT2D eigenvalue weighted by atomic mass is 9.98. The average molecular weight is 423 g/mol. The van der Waals surface area contributed by atoms with E-state index in [2.05, 4.69) is 4.90 Å². The lowest BCUT2D eigenvalue weighted by Crippen LogP contribution is -2.52. The molecular weight excluding hydrogens is 399 g/mol. The maximum absolute atomic E-state index is 11.9. The van der Waals surface area contributed by atoms with Crippen LogP contribution >= 0.6 is 23.2 Å². The van der Waals surface area contributed by atoms with Crippen LogP contribution in [0.1, 0.15) is 11.1 Å². The van der Waals surface area contributed by atoms with Gasteiger partial charge >= 0.3 is 0 Å². The Morgan fingerprint density at radius 3 is 2.54 bits per heavy atom. The third-order valence-corrected chi connectivity index (χ3v) is 5.37. The highest BCUT2D eigenvalue weighted by molar-refractivity contribution is 6.35. The van der Waals surface area contributed by atoms with E-state index in [1.54, 1.807) is 38.2 Å². The van der Waals surface area contributed by atoms with Crippen molar-refractivity contribution >= 4 is 29.1 Å². The highest BCUT2D eigenvalue weighted by Gasteiger charge is 2.33. The quantitative estimate of drug-likeness (QED) is 0.673. The number of halogens is 2. The monoisotopic (exact) mass is 422 g/mol. The SMILES string of the molecule is COc1cc(CN2CC(C(=O)N(C)C)C2)ccc1OCc1ccc(Cl)cc1Cl. The van der Waals surface area contributed by atoms with Crippen LogP contribution in [0.3, 0.4) is 0 Å². The molecule has 0 aliphatic carbocycles. The summed E-state index contributed by atoms with van der Waals surface area (Å²) in [5.74, 6) is 1.62. The molecular formula is C21H24Cl2N2O3. The standard InChI is InChI=1S/C21H24Cl2N2O3/c1-24(2)21(26)16-11-25(12-16)10-14-4-7-19(20(8-14)27-3)28-13-15-5-6-17(22)9-18(15)23/h4-9,16H,10-13H2,1-3H3. The largest absolute Gasteiger partial charge is 0.493 e. The van der Waals surface area contributed by atoms with Crippen molar-refractivity contribution in [2.75, 3.05) is 34.3 Å². The van der Waals surface area contributed by atoms with Gasteiger partial charge in [0.1, 0.15) is 6.61 Å². The van der Waals surface area contributed by atoms with Crippen LogP contribution in [0, 0.1) is 5.92 Å². The molecule has 0 N–H and O–H groups in total. The van der Waals surface area contributed by atoms with Crippen molar-refractivity contribution in [3.63, 3.8) is 0 Å². The molecule has 1 aliphatic heterocycles. The number of benzene rings is 2. The van der Waals surface area contributed by atoms with E-state index < -0.39 is 0 Å². The fourth-order valence-corrected chi connectivity index (χ4v) is 3.67. The molecule has 1 heterocycles. The molecule has 0 radical (unpaired) electrons. The number of carbonyl (C=O) groups excluding carboxylic acids is 1. The molecule has 0 atom stereocenters. The molecule has 0 spiro atoms. The summed E-state index contributed by atoms with van der Waals surface area (Å²) < 4.78 is 11.4. The van der Waals surface area contributed by atoms with Crippen molar-refractivity contribution in [1.82, 2.24) is 9.80 Å². The second-order valence-corrected chi connectivity index (χ2v) is 7.98. The summed E-state index contributed by atoms with van der Waals surface area (Å²) in [5, 5.41) is 1.17. The third kappa shape index (κ3) is 4.90. The summed E-state index contributed by atoms with van der Waals surface area (Å²) in [6, 6.07) is 11.2. The van der Waals surface area contributed by atoms with Crippen LogP contribution in [0.5, 0.6) is 11.5 Å². The van der Waals surface area contributed by atoms with Gasteiger partial charge in [-0.3, -0.25) is 9.69 Å². The first-order chi connectivity index (χ1) is 13.4. The molecule has 150 valence electrons. The molecule has 2 aromatic carbocycles. The smallest absolute Gasteiger partial charge is 0.227 e. The first-order valence-corrected chi connectivity index (χ1v) is 9.80. The fraction of sp³-hybridized carbons (Fsp3) is 0.381. The number of hydrogen-bond donors (Lipinski definition) is 0. The van der Waals surface area contributed by atoms with E-state index in [-0.39, 0.29) is 11.8 Å². The molecule has 0 saturated carbocycles. The topological polar surface area (TPSA) is 42.0 Å². The summed E-state index contributed by atoms with van der Waals surface area (Å²) in [4.78, 5) is 15.8. The Hall–Kier alpha value is -1.95. The van der Waals surface area contributed by atoms with Crippen LogP contribution in [0.25, 0.3) is 0 Å². The number of methoxy groups -OCH3 is 1. The van der Waals surface area contributed by atoms with Gasteiger partial charge in [0.25, 0.3) is 0 Å². The molecule has 1 saturated heterocycles. The molecule has 7 heteroatoms. The van der Waals surface area contributed by atoms with Gasteiger partial charge in [-0.05, 0) is 29.8 Å². The minimum Gasteiger partial charge on any atom is -0.493 e. The van der Waals surface area contributed by atoms with Crippen LogP contribution in [-0.4, -0.2) is 50.0 Å². The van der Waals surface area contributed by atoms with Gasteiger partial charge in [0.15, 0.2) is 11.5 Å². The Kier molecular flexibility index (Phi) is 6.70. The molecule has 0 aromatic heterocycles. The summed E-state index contributed by atoms with van der Waals surface area (Å²) in [7, 11) is 5.22. The summed E-state index contributed by atoms with van der Waals surface area (Å²) in [6.07, 6.45) is 0. The van der Waals surface area contributed by atoms with Gasteiger partial charge in [0.05, 0.1) is 13.0 Å². The predicted octanol–water partition coefficient (Wildman–Crippen LogP) is 4.10. The van der Waals surface area contributed by atoms with Crippen LogP contribution in [0.2, 0.25) is 10.0 Å². The maximum Gasteiger partial charge on any atom is 0.227 e. The van der Waals surface area contributed by atoms with Gasteiger partial charge < -0.3 is 14.4 Å². The molecule has 1 amide bonds. The van der Waals surface area contributed by atoms with Crippen LogP contribution in [0.4, 0.5) is 0 Å². The zero-order valence-corrected chi connectivity index (χ0v) is 17.8. The van der Waals surface area contributed by atoms with Crippen LogP contribution in [0.15, 0.2) is 36.4 Å². The fourth-order valence-electron chi connectivity index (χ4n) is 3.20. The third-order valence-electron chi connectivity index (χ3n) is 4.78. The van der Waals surface area contributed by atoms with Gasteiger partial charge in [-0.25, -0.2) is 0 Å². The van der Waals surface area contributed by atoms with Gasteiger partial charge in [-0.1, -0.05) is 35.3 Å². The predicted molar refractivity (Wildman–Crippen MR) is 111 cm³/mol. The zero-order chi connectivity index (χ0) is 20.3.